The fourth-order valence-corrected chi connectivity index (χ4v) is 1.77. The summed E-state index contributed by atoms with van der Waals surface area (Å²) in [6.45, 7) is 7.65. The predicted molar refractivity (Wildman–Crippen MR) is 87.8 cm³/mol. The number of unbranched alkanes of at least 4 members (excludes halogenated alkanes) is 2. The van der Waals surface area contributed by atoms with Gasteiger partial charge < -0.3 is 0 Å². The van der Waals surface area contributed by atoms with Crippen LogP contribution in [0.1, 0.15) is 57.3 Å². The molecule has 0 bridgehead atoms. The van der Waals surface area contributed by atoms with E-state index in [9.17, 15) is 9.59 Å². The average molecular weight is 300 g/mol. The molecule has 2 amide bonds. The van der Waals surface area contributed by atoms with Crippen LogP contribution in [0.5, 0.6) is 0 Å². The van der Waals surface area contributed by atoms with E-state index in [-0.39, 0.29) is 5.91 Å². The highest BCUT2D eigenvalue weighted by atomic mass is 16.2. The molecule has 1 rings (SSSR count). The van der Waals surface area contributed by atoms with E-state index in [2.05, 4.69) is 24.2 Å². The largest absolute Gasteiger partial charge is 0.314 e. The molecule has 0 aliphatic heterocycles. The second-order valence-electron chi connectivity index (χ2n) is 6.02. The maximum Gasteiger partial charge on any atom is 0.314 e. The Kier molecular flexibility index (Phi) is 6.65. The molecule has 0 atom stereocenters. The molecule has 118 valence electrons. The molecule has 0 radical (unpaired) electrons. The molecule has 4 nitrogen and oxygen atoms in total. The van der Waals surface area contributed by atoms with Gasteiger partial charge in [-0.2, -0.15) is 0 Å². The topological polar surface area (TPSA) is 49.4 Å². The first-order valence-corrected chi connectivity index (χ1v) is 7.55. The maximum absolute atomic E-state index is 12.6. The molecule has 0 saturated heterocycles. The number of nitrogens with one attached hydrogen (secondary N) is 1. The van der Waals surface area contributed by atoms with Gasteiger partial charge in [-0.3, -0.25) is 15.0 Å². The number of benzene rings is 1. The molecular formula is C18H24N2O2. The normalized spacial score (nSPS) is 10.4. The Morgan fingerprint density at radius 3 is 2.36 bits per heavy atom. The van der Waals surface area contributed by atoms with Crippen molar-refractivity contribution in [3.63, 3.8) is 0 Å². The van der Waals surface area contributed by atoms with Crippen LogP contribution in [0.25, 0.3) is 0 Å². The number of hydrogen-bond acceptors (Lipinski definition) is 2. The van der Waals surface area contributed by atoms with Crippen molar-refractivity contribution in [3.8, 4) is 11.8 Å². The highest BCUT2D eigenvalue weighted by molar-refractivity contribution is 5.99. The summed E-state index contributed by atoms with van der Waals surface area (Å²) in [5.41, 5.74) is 2.58. The van der Waals surface area contributed by atoms with Crippen molar-refractivity contribution in [2.24, 2.45) is 0 Å². The molecule has 1 aromatic rings. The van der Waals surface area contributed by atoms with Gasteiger partial charge in [-0.05, 0) is 45.2 Å². The van der Waals surface area contributed by atoms with Gasteiger partial charge in [-0.1, -0.05) is 37.5 Å². The number of carbonyl (C=O) groups is 2. The second kappa shape index (κ2) is 8.23. The zero-order chi connectivity index (χ0) is 16.6. The minimum absolute atomic E-state index is 0.253. The first kappa shape index (κ1) is 17.8. The summed E-state index contributed by atoms with van der Waals surface area (Å²) in [4.78, 5) is 24.5. The highest BCUT2D eigenvalue weighted by Crippen LogP contribution is 2.14. The molecule has 0 aliphatic carbocycles. The quantitative estimate of drug-likeness (QED) is 0.529. The van der Waals surface area contributed by atoms with Crippen LogP contribution < -0.4 is 5.43 Å². The number of rotatable bonds is 3. The van der Waals surface area contributed by atoms with E-state index >= 15 is 0 Å². The van der Waals surface area contributed by atoms with Gasteiger partial charge in [-0.15, -0.1) is 0 Å². The Morgan fingerprint density at radius 1 is 1.18 bits per heavy atom. The molecule has 0 aliphatic rings. The van der Waals surface area contributed by atoms with Crippen LogP contribution in [-0.2, 0) is 4.79 Å². The van der Waals surface area contributed by atoms with Crippen LogP contribution in [-0.4, -0.2) is 22.4 Å². The molecule has 0 heterocycles. The van der Waals surface area contributed by atoms with Crippen LogP contribution in [0.3, 0.4) is 0 Å². The summed E-state index contributed by atoms with van der Waals surface area (Å²) in [5.74, 6) is 4.64. The van der Waals surface area contributed by atoms with Crippen LogP contribution >= 0.6 is 0 Å². The fourth-order valence-electron chi connectivity index (χ4n) is 1.77. The predicted octanol–water partition coefficient (Wildman–Crippen LogP) is 3.15. The van der Waals surface area contributed by atoms with E-state index in [1.54, 1.807) is 24.3 Å². The summed E-state index contributed by atoms with van der Waals surface area (Å²) >= 11 is 0. The Balaban J connectivity index is 2.84. The van der Waals surface area contributed by atoms with E-state index < -0.39 is 11.4 Å². The minimum atomic E-state index is -0.548. The third-order valence-electron chi connectivity index (χ3n) is 2.97. The summed E-state index contributed by atoms with van der Waals surface area (Å²) < 4.78 is 0. The molecule has 0 unspecified atom stereocenters. The van der Waals surface area contributed by atoms with Gasteiger partial charge in [0.25, 0.3) is 5.91 Å². The van der Waals surface area contributed by atoms with Gasteiger partial charge in [0.2, 0.25) is 0 Å². The lowest BCUT2D eigenvalue weighted by Gasteiger charge is -2.34. The molecular weight excluding hydrogens is 276 g/mol. The third kappa shape index (κ3) is 5.61. The average Bonchev–Trinajstić information content (AvgIpc) is 2.48. The van der Waals surface area contributed by atoms with Crippen molar-refractivity contribution < 1.29 is 9.59 Å². The van der Waals surface area contributed by atoms with E-state index in [0.29, 0.717) is 12.0 Å². The summed E-state index contributed by atoms with van der Waals surface area (Å²) in [6.07, 6.45) is 2.69. The first-order valence-electron chi connectivity index (χ1n) is 7.55. The van der Waals surface area contributed by atoms with Crippen molar-refractivity contribution in [1.82, 2.24) is 10.4 Å². The van der Waals surface area contributed by atoms with Crippen molar-refractivity contribution in [1.29, 1.82) is 0 Å². The lowest BCUT2D eigenvalue weighted by Crippen LogP contribution is -2.55. The highest BCUT2D eigenvalue weighted by Gasteiger charge is 2.28. The van der Waals surface area contributed by atoms with Crippen LogP contribution in [0.4, 0.5) is 0 Å². The molecule has 4 heteroatoms. The first-order chi connectivity index (χ1) is 10.4. The molecule has 0 aromatic heterocycles. The lowest BCUT2D eigenvalue weighted by atomic mass is 10.1. The van der Waals surface area contributed by atoms with E-state index in [1.807, 2.05) is 26.8 Å². The smallest absolute Gasteiger partial charge is 0.267 e. The Morgan fingerprint density at radius 2 is 1.82 bits per heavy atom. The van der Waals surface area contributed by atoms with Gasteiger partial charge in [0.1, 0.15) is 0 Å². The Bertz CT molecular complexity index is 562. The van der Waals surface area contributed by atoms with Gasteiger partial charge in [0.15, 0.2) is 0 Å². The van der Waals surface area contributed by atoms with E-state index in [4.69, 9.17) is 0 Å². The SMILES string of the molecule is CCCCC#CC(=O)NN(C(=O)c1ccccc1)C(C)(C)C. The monoisotopic (exact) mass is 300 g/mol. The maximum atomic E-state index is 12.6. The van der Waals surface area contributed by atoms with Gasteiger partial charge in [0, 0.05) is 12.0 Å². The molecule has 0 fully saturated rings. The number of hydrazine groups is 1. The lowest BCUT2D eigenvalue weighted by molar-refractivity contribution is -0.121. The van der Waals surface area contributed by atoms with Gasteiger partial charge in [0.05, 0.1) is 5.54 Å². The van der Waals surface area contributed by atoms with E-state index in [0.717, 1.165) is 12.8 Å². The van der Waals surface area contributed by atoms with E-state index in [1.165, 1.54) is 5.01 Å². The molecule has 1 N–H and O–H groups in total. The van der Waals surface area contributed by atoms with Crippen LogP contribution in [0.15, 0.2) is 30.3 Å². The summed E-state index contributed by atoms with van der Waals surface area (Å²) in [6, 6.07) is 8.87. The van der Waals surface area contributed by atoms with Crippen molar-refractivity contribution in [3.05, 3.63) is 35.9 Å². The fraction of sp³-hybridized carbons (Fsp3) is 0.444. The van der Waals surface area contributed by atoms with Gasteiger partial charge in [-0.25, -0.2) is 5.01 Å². The summed E-state index contributed by atoms with van der Waals surface area (Å²) in [7, 11) is 0. The number of carbonyl (C=O) groups excluding carboxylic acids is 2. The van der Waals surface area contributed by atoms with Crippen LogP contribution in [0, 0.1) is 11.8 Å². The zero-order valence-electron chi connectivity index (χ0n) is 13.8. The Labute approximate surface area is 132 Å². The number of hydrogen-bond donors (Lipinski definition) is 1. The van der Waals surface area contributed by atoms with Crippen molar-refractivity contribution >= 4 is 11.8 Å². The standard InChI is InChI=1S/C18H24N2O2/c1-5-6-7-11-14-16(21)19-20(18(2,3)4)17(22)15-12-9-8-10-13-15/h8-10,12-13H,5-7H2,1-4H3,(H,19,21). The number of nitrogens with zero attached hydrogens (tertiary/aromatic N) is 1. The molecule has 22 heavy (non-hydrogen) atoms. The van der Waals surface area contributed by atoms with Crippen molar-refractivity contribution in [2.75, 3.05) is 0 Å². The Hall–Kier alpha value is -2.28. The third-order valence-corrected chi connectivity index (χ3v) is 2.97. The molecule has 0 spiro atoms. The summed E-state index contributed by atoms with van der Waals surface area (Å²) in [5, 5.41) is 1.33. The zero-order valence-corrected chi connectivity index (χ0v) is 13.8. The molecule has 0 saturated carbocycles. The number of amides is 2. The second-order valence-corrected chi connectivity index (χ2v) is 6.02. The molecule has 1 aromatic carbocycles. The minimum Gasteiger partial charge on any atom is -0.267 e. The van der Waals surface area contributed by atoms with Gasteiger partial charge >= 0.3 is 5.91 Å². The van der Waals surface area contributed by atoms with Crippen LogP contribution in [0.2, 0.25) is 0 Å². The van der Waals surface area contributed by atoms with Crippen molar-refractivity contribution in [2.45, 2.75) is 52.5 Å².